The maximum atomic E-state index is 11.7. The van der Waals surface area contributed by atoms with Crippen LogP contribution in [0.3, 0.4) is 0 Å². The van der Waals surface area contributed by atoms with E-state index in [-0.39, 0.29) is 23.6 Å². The van der Waals surface area contributed by atoms with Crippen LogP contribution in [0.4, 0.5) is 10.5 Å². The van der Waals surface area contributed by atoms with Gasteiger partial charge in [0.15, 0.2) is 0 Å². The molecule has 108 valence electrons. The Morgan fingerprint density at radius 2 is 1.81 bits per heavy atom. The molecule has 0 saturated carbocycles. The molecule has 0 unspecified atom stereocenters. The van der Waals surface area contributed by atoms with E-state index in [2.05, 4.69) is 5.32 Å². The first-order valence-electron chi connectivity index (χ1n) is 6.10. The summed E-state index contributed by atoms with van der Waals surface area (Å²) in [5.74, 6) is -1.37. The number of carboxylic acid groups (broad SMARTS) is 1. The number of nitrogens with one attached hydrogen (secondary N) is 1. The molecule has 3 N–H and O–H groups in total. The third kappa shape index (κ3) is 3.97. The highest BCUT2D eigenvalue weighted by molar-refractivity contribution is 5.99. The highest BCUT2D eigenvalue weighted by Gasteiger charge is 2.13. The number of anilines is 1. The number of hydrogen-bond donors (Lipinski definition) is 3. The number of hydrogen-bond acceptors (Lipinski definition) is 4. The molecule has 0 saturated heterocycles. The van der Waals surface area contributed by atoms with Crippen molar-refractivity contribution in [3.8, 4) is 5.75 Å². The predicted molar refractivity (Wildman–Crippen MR) is 75.3 cm³/mol. The summed E-state index contributed by atoms with van der Waals surface area (Å²) in [6, 6.07) is 12.6. The van der Waals surface area contributed by atoms with Gasteiger partial charge in [0.1, 0.15) is 12.4 Å². The summed E-state index contributed by atoms with van der Waals surface area (Å²) < 4.78 is 4.98. The minimum absolute atomic E-state index is 0.0273. The van der Waals surface area contributed by atoms with Crippen LogP contribution in [-0.2, 0) is 11.3 Å². The Morgan fingerprint density at radius 3 is 2.48 bits per heavy atom. The number of ether oxygens (including phenoxy) is 1. The molecule has 0 spiro atoms. The molecule has 21 heavy (non-hydrogen) atoms. The van der Waals surface area contributed by atoms with Crippen molar-refractivity contribution in [1.29, 1.82) is 0 Å². The van der Waals surface area contributed by atoms with E-state index in [0.717, 1.165) is 11.6 Å². The molecule has 2 rings (SSSR count). The number of carbonyl (C=O) groups is 2. The molecule has 0 aromatic heterocycles. The number of benzene rings is 2. The van der Waals surface area contributed by atoms with Crippen LogP contribution in [-0.4, -0.2) is 22.3 Å². The minimum Gasteiger partial charge on any atom is -0.508 e. The van der Waals surface area contributed by atoms with Gasteiger partial charge in [0, 0.05) is 6.07 Å². The van der Waals surface area contributed by atoms with Gasteiger partial charge in [0.25, 0.3) is 0 Å². The lowest BCUT2D eigenvalue weighted by atomic mass is 10.1. The largest absolute Gasteiger partial charge is 0.508 e. The van der Waals surface area contributed by atoms with E-state index in [1.165, 1.54) is 12.1 Å². The van der Waals surface area contributed by atoms with E-state index in [4.69, 9.17) is 9.84 Å². The first-order chi connectivity index (χ1) is 10.1. The molecule has 2 aromatic rings. The van der Waals surface area contributed by atoms with Crippen LogP contribution in [0.5, 0.6) is 5.75 Å². The summed E-state index contributed by atoms with van der Waals surface area (Å²) in [5.41, 5.74) is 0.645. The highest BCUT2D eigenvalue weighted by atomic mass is 16.5. The Kier molecular flexibility index (Phi) is 4.40. The van der Waals surface area contributed by atoms with Crippen LogP contribution in [0, 0.1) is 0 Å². The lowest BCUT2D eigenvalue weighted by molar-refractivity contribution is 0.0698. The summed E-state index contributed by atoms with van der Waals surface area (Å²) in [4.78, 5) is 22.7. The average molecular weight is 287 g/mol. The van der Waals surface area contributed by atoms with Crippen LogP contribution in [0.25, 0.3) is 0 Å². The van der Waals surface area contributed by atoms with Gasteiger partial charge in [-0.15, -0.1) is 0 Å². The van der Waals surface area contributed by atoms with E-state index in [1.54, 1.807) is 12.1 Å². The number of phenolic OH excluding ortho intramolecular Hbond substituents is 1. The summed E-state index contributed by atoms with van der Waals surface area (Å²) in [5, 5.41) is 20.7. The maximum absolute atomic E-state index is 11.7. The van der Waals surface area contributed by atoms with E-state index >= 15 is 0 Å². The van der Waals surface area contributed by atoms with Crippen molar-refractivity contribution < 1.29 is 24.5 Å². The van der Waals surface area contributed by atoms with Gasteiger partial charge in [-0.3, -0.25) is 5.32 Å². The second-order valence-electron chi connectivity index (χ2n) is 4.22. The van der Waals surface area contributed by atoms with Gasteiger partial charge in [-0.05, 0) is 17.7 Å². The molecule has 0 aliphatic heterocycles. The third-order valence-electron chi connectivity index (χ3n) is 2.68. The Hall–Kier alpha value is -3.02. The number of rotatable bonds is 4. The quantitative estimate of drug-likeness (QED) is 0.803. The fourth-order valence-corrected chi connectivity index (χ4v) is 1.69. The minimum atomic E-state index is -1.21. The molecule has 1 amide bonds. The standard InChI is InChI=1S/C15H13NO5/c17-11-6-7-12(14(18)19)13(8-11)16-15(20)21-9-10-4-2-1-3-5-10/h1-8,17H,9H2,(H,16,20)(H,18,19). The van der Waals surface area contributed by atoms with Crippen LogP contribution < -0.4 is 5.32 Å². The topological polar surface area (TPSA) is 95.9 Å². The monoisotopic (exact) mass is 287 g/mol. The first kappa shape index (κ1) is 14.4. The number of aromatic hydroxyl groups is 1. The average Bonchev–Trinajstić information content (AvgIpc) is 2.46. The lowest BCUT2D eigenvalue weighted by Gasteiger charge is -2.09. The van der Waals surface area contributed by atoms with Crippen molar-refractivity contribution in [2.45, 2.75) is 6.61 Å². The fraction of sp³-hybridized carbons (Fsp3) is 0.0667. The third-order valence-corrected chi connectivity index (χ3v) is 2.68. The summed E-state index contributed by atoms with van der Waals surface area (Å²) in [6.45, 7) is 0.0634. The zero-order chi connectivity index (χ0) is 15.2. The van der Waals surface area contributed by atoms with Gasteiger partial charge < -0.3 is 14.9 Å². The van der Waals surface area contributed by atoms with E-state index in [0.29, 0.717) is 0 Å². The molecule has 0 bridgehead atoms. The van der Waals surface area contributed by atoms with Crippen LogP contribution in [0.15, 0.2) is 48.5 Å². The molecule has 0 heterocycles. The predicted octanol–water partition coefficient (Wildman–Crippen LogP) is 2.84. The fourth-order valence-electron chi connectivity index (χ4n) is 1.69. The molecule has 0 radical (unpaired) electrons. The van der Waals surface area contributed by atoms with Crippen molar-refractivity contribution in [2.75, 3.05) is 5.32 Å². The Bertz CT molecular complexity index is 654. The smallest absolute Gasteiger partial charge is 0.411 e. The highest BCUT2D eigenvalue weighted by Crippen LogP contribution is 2.22. The molecule has 6 heteroatoms. The first-order valence-corrected chi connectivity index (χ1v) is 6.10. The number of aromatic carboxylic acids is 1. The SMILES string of the molecule is O=C(Nc1cc(O)ccc1C(=O)O)OCc1ccccc1. The van der Waals surface area contributed by atoms with E-state index < -0.39 is 12.1 Å². The zero-order valence-electron chi connectivity index (χ0n) is 10.9. The van der Waals surface area contributed by atoms with Crippen LogP contribution in [0.1, 0.15) is 15.9 Å². The molecule has 0 aliphatic carbocycles. The number of carboxylic acids is 1. The molecule has 0 atom stereocenters. The van der Waals surface area contributed by atoms with Gasteiger partial charge in [0.05, 0.1) is 11.3 Å². The van der Waals surface area contributed by atoms with Gasteiger partial charge in [0.2, 0.25) is 0 Å². The van der Waals surface area contributed by atoms with Crippen LogP contribution in [0.2, 0.25) is 0 Å². The second-order valence-corrected chi connectivity index (χ2v) is 4.22. The molecule has 0 fully saturated rings. The van der Waals surface area contributed by atoms with Crippen LogP contribution >= 0.6 is 0 Å². The molecule has 6 nitrogen and oxygen atoms in total. The Labute approximate surface area is 120 Å². The van der Waals surface area contributed by atoms with E-state index in [1.807, 2.05) is 18.2 Å². The summed E-state index contributed by atoms with van der Waals surface area (Å²) >= 11 is 0. The molecular formula is C15H13NO5. The van der Waals surface area contributed by atoms with Crippen molar-refractivity contribution >= 4 is 17.7 Å². The molecule has 2 aromatic carbocycles. The summed E-state index contributed by atoms with van der Waals surface area (Å²) in [7, 11) is 0. The lowest BCUT2D eigenvalue weighted by Crippen LogP contribution is -2.16. The number of carbonyl (C=O) groups excluding carboxylic acids is 1. The van der Waals surface area contributed by atoms with Crippen molar-refractivity contribution in [3.05, 3.63) is 59.7 Å². The number of phenols is 1. The van der Waals surface area contributed by atoms with Gasteiger partial charge in [-0.1, -0.05) is 30.3 Å². The van der Waals surface area contributed by atoms with Crippen molar-refractivity contribution in [1.82, 2.24) is 0 Å². The Balaban J connectivity index is 2.02. The Morgan fingerprint density at radius 1 is 1.10 bits per heavy atom. The maximum Gasteiger partial charge on any atom is 0.411 e. The second kappa shape index (κ2) is 6.42. The van der Waals surface area contributed by atoms with Crippen molar-refractivity contribution in [3.63, 3.8) is 0 Å². The van der Waals surface area contributed by atoms with Gasteiger partial charge >= 0.3 is 12.1 Å². The van der Waals surface area contributed by atoms with Gasteiger partial charge in [-0.2, -0.15) is 0 Å². The number of amides is 1. The van der Waals surface area contributed by atoms with E-state index in [9.17, 15) is 14.7 Å². The zero-order valence-corrected chi connectivity index (χ0v) is 10.9. The summed E-state index contributed by atoms with van der Waals surface area (Å²) in [6.07, 6.45) is -0.799. The van der Waals surface area contributed by atoms with Gasteiger partial charge in [-0.25, -0.2) is 9.59 Å². The molecule has 0 aliphatic rings. The normalized spacial score (nSPS) is 9.90. The van der Waals surface area contributed by atoms with Crippen molar-refractivity contribution in [2.24, 2.45) is 0 Å². The molecular weight excluding hydrogens is 274 g/mol.